The van der Waals surface area contributed by atoms with Crippen LogP contribution in [0.4, 0.5) is 5.69 Å². The maximum Gasteiger partial charge on any atom is 0.231 e. The van der Waals surface area contributed by atoms with E-state index in [9.17, 15) is 10.2 Å². The van der Waals surface area contributed by atoms with Gasteiger partial charge in [-0.05, 0) is 24.3 Å². The molecule has 0 amide bonds. The Morgan fingerprint density at radius 3 is 2.68 bits per heavy atom. The molecule has 0 fully saturated rings. The molecule has 0 saturated carbocycles. The summed E-state index contributed by atoms with van der Waals surface area (Å²) in [4.78, 5) is 0. The number of benzene rings is 2. The van der Waals surface area contributed by atoms with Crippen molar-refractivity contribution in [2.75, 3.05) is 12.1 Å². The molecular weight excluding hydrogens is 246 g/mol. The molecular formula is C14H13NO4. The van der Waals surface area contributed by atoms with Crippen LogP contribution in [0.25, 0.3) is 0 Å². The van der Waals surface area contributed by atoms with Gasteiger partial charge >= 0.3 is 0 Å². The Bertz CT molecular complexity index is 612. The molecule has 5 heteroatoms. The summed E-state index contributed by atoms with van der Waals surface area (Å²) in [5, 5.41) is 22.1. The number of anilines is 1. The molecule has 98 valence electrons. The predicted octanol–water partition coefficient (Wildman–Crippen LogP) is 2.44. The zero-order chi connectivity index (χ0) is 13.2. The molecule has 1 heterocycles. The van der Waals surface area contributed by atoms with E-state index in [1.54, 1.807) is 6.07 Å². The first-order valence-electron chi connectivity index (χ1n) is 5.87. The Kier molecular flexibility index (Phi) is 2.79. The number of hydrogen-bond acceptors (Lipinski definition) is 5. The molecule has 2 aromatic rings. The smallest absolute Gasteiger partial charge is 0.231 e. The van der Waals surface area contributed by atoms with Crippen LogP contribution < -0.4 is 14.8 Å². The van der Waals surface area contributed by atoms with Gasteiger partial charge in [-0.15, -0.1) is 0 Å². The second kappa shape index (κ2) is 4.61. The second-order valence-corrected chi connectivity index (χ2v) is 4.23. The minimum atomic E-state index is 0.0457. The van der Waals surface area contributed by atoms with Crippen LogP contribution in [0.15, 0.2) is 36.4 Å². The Hall–Kier alpha value is -2.56. The van der Waals surface area contributed by atoms with Gasteiger partial charge in [-0.25, -0.2) is 0 Å². The van der Waals surface area contributed by atoms with Crippen molar-refractivity contribution in [3.8, 4) is 23.0 Å². The molecule has 0 unspecified atom stereocenters. The zero-order valence-corrected chi connectivity index (χ0v) is 10.1. The number of phenols is 2. The monoisotopic (exact) mass is 259 g/mol. The highest BCUT2D eigenvalue weighted by Crippen LogP contribution is 2.34. The molecule has 19 heavy (non-hydrogen) atoms. The van der Waals surface area contributed by atoms with E-state index in [-0.39, 0.29) is 18.3 Å². The molecule has 3 N–H and O–H groups in total. The fourth-order valence-corrected chi connectivity index (χ4v) is 1.91. The van der Waals surface area contributed by atoms with Crippen LogP contribution in [0.1, 0.15) is 5.56 Å². The lowest BCUT2D eigenvalue weighted by atomic mass is 10.2. The summed E-state index contributed by atoms with van der Waals surface area (Å²) in [5.74, 6) is 1.55. The summed E-state index contributed by atoms with van der Waals surface area (Å²) in [5.41, 5.74) is 1.58. The number of fused-ring (bicyclic) bond motifs is 1. The zero-order valence-electron chi connectivity index (χ0n) is 10.1. The molecule has 0 atom stereocenters. The van der Waals surface area contributed by atoms with Gasteiger partial charge in [0.05, 0.1) is 0 Å². The van der Waals surface area contributed by atoms with Gasteiger partial charge in [-0.2, -0.15) is 0 Å². The van der Waals surface area contributed by atoms with E-state index in [4.69, 9.17) is 9.47 Å². The largest absolute Gasteiger partial charge is 0.508 e. The Balaban J connectivity index is 1.72. The predicted molar refractivity (Wildman–Crippen MR) is 69.7 cm³/mol. The van der Waals surface area contributed by atoms with E-state index in [2.05, 4.69) is 5.32 Å². The molecule has 0 saturated heterocycles. The van der Waals surface area contributed by atoms with E-state index in [1.165, 1.54) is 12.1 Å². The number of phenolic OH excluding ortho intramolecular Hbond substituents is 2. The quantitative estimate of drug-likeness (QED) is 0.789. The van der Waals surface area contributed by atoms with Crippen molar-refractivity contribution in [3.05, 3.63) is 42.0 Å². The molecule has 0 spiro atoms. The Morgan fingerprint density at radius 1 is 1.00 bits per heavy atom. The average molecular weight is 259 g/mol. The third-order valence-electron chi connectivity index (χ3n) is 2.92. The molecule has 0 radical (unpaired) electrons. The van der Waals surface area contributed by atoms with Crippen molar-refractivity contribution in [1.82, 2.24) is 0 Å². The summed E-state index contributed by atoms with van der Waals surface area (Å²) in [7, 11) is 0. The van der Waals surface area contributed by atoms with E-state index in [0.29, 0.717) is 17.9 Å². The number of ether oxygens (including phenoxy) is 2. The minimum absolute atomic E-state index is 0.0457. The van der Waals surface area contributed by atoms with Gasteiger partial charge in [-0.3, -0.25) is 0 Å². The highest BCUT2D eigenvalue weighted by atomic mass is 16.7. The van der Waals surface area contributed by atoms with Gasteiger partial charge < -0.3 is 25.0 Å². The normalized spacial score (nSPS) is 12.4. The van der Waals surface area contributed by atoms with Crippen molar-refractivity contribution in [1.29, 1.82) is 0 Å². The molecule has 2 aromatic carbocycles. The summed E-state index contributed by atoms with van der Waals surface area (Å²) in [6.07, 6.45) is 0. The number of rotatable bonds is 3. The van der Waals surface area contributed by atoms with Crippen LogP contribution in [0.2, 0.25) is 0 Å². The van der Waals surface area contributed by atoms with Crippen LogP contribution in [-0.4, -0.2) is 17.0 Å². The Morgan fingerprint density at radius 2 is 1.84 bits per heavy atom. The third kappa shape index (κ3) is 2.35. The summed E-state index contributed by atoms with van der Waals surface area (Å²) >= 11 is 0. The van der Waals surface area contributed by atoms with Gasteiger partial charge in [0.15, 0.2) is 11.5 Å². The lowest BCUT2D eigenvalue weighted by Gasteiger charge is -2.09. The summed E-state index contributed by atoms with van der Waals surface area (Å²) < 4.78 is 10.5. The molecule has 5 nitrogen and oxygen atoms in total. The van der Waals surface area contributed by atoms with Crippen molar-refractivity contribution < 1.29 is 19.7 Å². The van der Waals surface area contributed by atoms with E-state index in [0.717, 1.165) is 11.4 Å². The van der Waals surface area contributed by atoms with Gasteiger partial charge in [0, 0.05) is 29.9 Å². The van der Waals surface area contributed by atoms with Crippen LogP contribution >= 0.6 is 0 Å². The van der Waals surface area contributed by atoms with Crippen LogP contribution in [0.5, 0.6) is 23.0 Å². The minimum Gasteiger partial charge on any atom is -0.508 e. The number of hydrogen-bond donors (Lipinski definition) is 3. The molecule has 0 bridgehead atoms. The number of nitrogens with one attached hydrogen (secondary N) is 1. The fraction of sp³-hybridized carbons (Fsp3) is 0.143. The molecule has 1 aliphatic rings. The third-order valence-corrected chi connectivity index (χ3v) is 2.92. The van der Waals surface area contributed by atoms with Crippen LogP contribution in [0, 0.1) is 0 Å². The first-order valence-corrected chi connectivity index (χ1v) is 5.87. The summed E-state index contributed by atoms with van der Waals surface area (Å²) in [6, 6.07) is 10.1. The fourth-order valence-electron chi connectivity index (χ4n) is 1.91. The SMILES string of the molecule is Oc1ccc(CNc2ccc3c(c2)OCO3)c(O)c1. The van der Waals surface area contributed by atoms with Gasteiger partial charge in [0.1, 0.15) is 11.5 Å². The molecule has 0 aromatic heterocycles. The lowest BCUT2D eigenvalue weighted by Crippen LogP contribution is -1.99. The van der Waals surface area contributed by atoms with E-state index in [1.807, 2.05) is 18.2 Å². The number of aromatic hydroxyl groups is 2. The highest BCUT2D eigenvalue weighted by molar-refractivity contribution is 5.56. The topological polar surface area (TPSA) is 71.0 Å². The first kappa shape index (κ1) is 11.5. The van der Waals surface area contributed by atoms with Crippen LogP contribution in [-0.2, 0) is 6.54 Å². The van der Waals surface area contributed by atoms with Gasteiger partial charge in [0.2, 0.25) is 6.79 Å². The molecule has 3 rings (SSSR count). The lowest BCUT2D eigenvalue weighted by molar-refractivity contribution is 0.174. The van der Waals surface area contributed by atoms with Crippen molar-refractivity contribution in [2.45, 2.75) is 6.54 Å². The first-order chi connectivity index (χ1) is 9.22. The Labute approximate surface area is 110 Å². The van der Waals surface area contributed by atoms with Gasteiger partial charge in [-0.1, -0.05) is 0 Å². The highest BCUT2D eigenvalue weighted by Gasteiger charge is 2.13. The maximum absolute atomic E-state index is 9.68. The van der Waals surface area contributed by atoms with Crippen molar-refractivity contribution in [3.63, 3.8) is 0 Å². The standard InChI is InChI=1S/C14H13NO4/c16-11-3-1-9(12(17)6-11)7-15-10-2-4-13-14(5-10)19-8-18-13/h1-6,15-17H,7-8H2. The van der Waals surface area contributed by atoms with Crippen LogP contribution in [0.3, 0.4) is 0 Å². The van der Waals surface area contributed by atoms with E-state index >= 15 is 0 Å². The van der Waals surface area contributed by atoms with Crippen molar-refractivity contribution in [2.24, 2.45) is 0 Å². The van der Waals surface area contributed by atoms with Crippen molar-refractivity contribution >= 4 is 5.69 Å². The summed E-state index contributed by atoms with van der Waals surface area (Å²) in [6.45, 7) is 0.698. The molecule has 1 aliphatic heterocycles. The second-order valence-electron chi connectivity index (χ2n) is 4.23. The average Bonchev–Trinajstić information content (AvgIpc) is 2.85. The van der Waals surface area contributed by atoms with E-state index < -0.39 is 0 Å². The maximum atomic E-state index is 9.68. The molecule has 0 aliphatic carbocycles. The van der Waals surface area contributed by atoms with Gasteiger partial charge in [0.25, 0.3) is 0 Å².